The maximum absolute atomic E-state index is 3.64. The number of benzene rings is 1. The summed E-state index contributed by atoms with van der Waals surface area (Å²) in [6.45, 7) is 16.7. The van der Waals surface area contributed by atoms with Crippen LogP contribution in [0.1, 0.15) is 46.6 Å². The Hall–Kier alpha value is -1.02. The first-order valence-corrected chi connectivity index (χ1v) is 7.93. The second-order valence-corrected chi connectivity index (χ2v) is 6.68. The van der Waals surface area contributed by atoms with Crippen LogP contribution in [0.3, 0.4) is 0 Å². The van der Waals surface area contributed by atoms with Gasteiger partial charge >= 0.3 is 0 Å². The molecule has 0 fully saturated rings. The second-order valence-electron chi connectivity index (χ2n) is 6.68. The minimum atomic E-state index is 0.308. The summed E-state index contributed by atoms with van der Waals surface area (Å²) in [6, 6.07) is 9.43. The molecule has 0 radical (unpaired) electrons. The summed E-state index contributed by atoms with van der Waals surface area (Å²) >= 11 is 0. The first kappa shape index (κ1) is 17.0. The lowest BCUT2D eigenvalue weighted by Gasteiger charge is -2.34. The molecule has 0 saturated heterocycles. The molecule has 0 aromatic heterocycles. The molecule has 1 aromatic rings. The Morgan fingerprint density at radius 3 is 2.15 bits per heavy atom. The fraction of sp³-hybridized carbons (Fsp3) is 0.667. The molecule has 1 aromatic carbocycles. The van der Waals surface area contributed by atoms with Crippen molar-refractivity contribution in [2.75, 3.05) is 24.5 Å². The zero-order valence-corrected chi connectivity index (χ0v) is 14.2. The summed E-state index contributed by atoms with van der Waals surface area (Å²) in [5, 5.41) is 3.64. The van der Waals surface area contributed by atoms with Crippen molar-refractivity contribution in [1.29, 1.82) is 0 Å². The Morgan fingerprint density at radius 2 is 1.70 bits per heavy atom. The Labute approximate surface area is 125 Å². The highest BCUT2D eigenvalue weighted by Gasteiger charge is 2.23. The third kappa shape index (κ3) is 5.16. The van der Waals surface area contributed by atoms with Crippen molar-refractivity contribution in [2.24, 2.45) is 5.41 Å². The standard InChI is InChI=1S/C18H32N2/c1-7-19-17(18(4,5)6)13-14-20(8-2)16-11-9-15(3)10-12-16/h9-12,17,19H,7-8,13-14H2,1-6H3. The van der Waals surface area contributed by atoms with Gasteiger partial charge < -0.3 is 10.2 Å². The summed E-state index contributed by atoms with van der Waals surface area (Å²) in [5.74, 6) is 0. The summed E-state index contributed by atoms with van der Waals surface area (Å²) in [6.07, 6.45) is 1.18. The Kier molecular flexibility index (Phi) is 6.54. The van der Waals surface area contributed by atoms with E-state index in [1.165, 1.54) is 17.7 Å². The molecule has 114 valence electrons. The van der Waals surface area contributed by atoms with Crippen LogP contribution in [-0.4, -0.2) is 25.7 Å². The van der Waals surface area contributed by atoms with Gasteiger partial charge in [0, 0.05) is 24.8 Å². The summed E-state index contributed by atoms with van der Waals surface area (Å²) in [7, 11) is 0. The number of aryl methyl sites for hydroxylation is 1. The van der Waals surface area contributed by atoms with Gasteiger partial charge in [-0.1, -0.05) is 45.4 Å². The van der Waals surface area contributed by atoms with Crippen molar-refractivity contribution in [3.63, 3.8) is 0 Å². The van der Waals surface area contributed by atoms with Crippen molar-refractivity contribution in [3.8, 4) is 0 Å². The highest BCUT2D eigenvalue weighted by atomic mass is 15.1. The van der Waals surface area contributed by atoms with E-state index in [0.717, 1.165) is 19.6 Å². The van der Waals surface area contributed by atoms with Crippen molar-refractivity contribution >= 4 is 5.69 Å². The predicted molar refractivity (Wildman–Crippen MR) is 90.6 cm³/mol. The largest absolute Gasteiger partial charge is 0.372 e. The lowest BCUT2D eigenvalue weighted by molar-refractivity contribution is 0.260. The number of hydrogen-bond acceptors (Lipinski definition) is 2. The third-order valence-corrected chi connectivity index (χ3v) is 3.96. The van der Waals surface area contributed by atoms with Crippen LogP contribution in [0.5, 0.6) is 0 Å². The fourth-order valence-corrected chi connectivity index (χ4v) is 2.60. The van der Waals surface area contributed by atoms with E-state index in [1.807, 2.05) is 0 Å². The van der Waals surface area contributed by atoms with Gasteiger partial charge in [-0.05, 0) is 44.4 Å². The van der Waals surface area contributed by atoms with Crippen molar-refractivity contribution in [1.82, 2.24) is 5.32 Å². The Balaban J connectivity index is 2.66. The average molecular weight is 276 g/mol. The van der Waals surface area contributed by atoms with E-state index in [-0.39, 0.29) is 0 Å². The SMILES string of the molecule is CCNC(CCN(CC)c1ccc(C)cc1)C(C)(C)C. The molecular formula is C18H32N2. The molecule has 0 heterocycles. The van der Waals surface area contributed by atoms with Crippen LogP contribution in [0, 0.1) is 12.3 Å². The van der Waals surface area contributed by atoms with Gasteiger partial charge in [0.2, 0.25) is 0 Å². The lowest BCUT2D eigenvalue weighted by atomic mass is 9.84. The van der Waals surface area contributed by atoms with E-state index in [0.29, 0.717) is 11.5 Å². The minimum Gasteiger partial charge on any atom is -0.372 e. The normalized spacial score (nSPS) is 13.3. The lowest BCUT2D eigenvalue weighted by Crippen LogP contribution is -2.42. The molecule has 1 rings (SSSR count). The van der Waals surface area contributed by atoms with E-state index in [1.54, 1.807) is 0 Å². The van der Waals surface area contributed by atoms with E-state index in [2.05, 4.69) is 76.0 Å². The number of nitrogens with zero attached hydrogens (tertiary/aromatic N) is 1. The van der Waals surface area contributed by atoms with Crippen LogP contribution < -0.4 is 10.2 Å². The predicted octanol–water partition coefficient (Wildman–Crippen LogP) is 4.24. The van der Waals surface area contributed by atoms with Crippen LogP contribution in [-0.2, 0) is 0 Å². The van der Waals surface area contributed by atoms with E-state index >= 15 is 0 Å². The van der Waals surface area contributed by atoms with Crippen LogP contribution in [0.4, 0.5) is 5.69 Å². The monoisotopic (exact) mass is 276 g/mol. The van der Waals surface area contributed by atoms with Crippen molar-refractivity contribution in [2.45, 2.75) is 54.0 Å². The number of hydrogen-bond donors (Lipinski definition) is 1. The van der Waals surface area contributed by atoms with Crippen LogP contribution in [0.25, 0.3) is 0 Å². The van der Waals surface area contributed by atoms with Crippen LogP contribution in [0.15, 0.2) is 24.3 Å². The van der Waals surface area contributed by atoms with Gasteiger partial charge in [-0.15, -0.1) is 0 Å². The molecular weight excluding hydrogens is 244 g/mol. The average Bonchev–Trinajstić information content (AvgIpc) is 2.38. The van der Waals surface area contributed by atoms with Gasteiger partial charge in [-0.2, -0.15) is 0 Å². The number of nitrogens with one attached hydrogen (secondary N) is 1. The van der Waals surface area contributed by atoms with Crippen molar-refractivity contribution < 1.29 is 0 Å². The zero-order valence-electron chi connectivity index (χ0n) is 14.2. The molecule has 1 N–H and O–H groups in total. The molecule has 2 heteroatoms. The number of anilines is 1. The molecule has 2 nitrogen and oxygen atoms in total. The van der Waals surface area contributed by atoms with Gasteiger partial charge in [0.1, 0.15) is 0 Å². The molecule has 1 unspecified atom stereocenters. The molecule has 20 heavy (non-hydrogen) atoms. The van der Waals surface area contributed by atoms with Gasteiger partial charge in [0.15, 0.2) is 0 Å². The fourth-order valence-electron chi connectivity index (χ4n) is 2.60. The van der Waals surface area contributed by atoms with Gasteiger partial charge in [-0.3, -0.25) is 0 Å². The Morgan fingerprint density at radius 1 is 1.10 bits per heavy atom. The third-order valence-electron chi connectivity index (χ3n) is 3.96. The summed E-state index contributed by atoms with van der Waals surface area (Å²) in [5.41, 5.74) is 2.97. The summed E-state index contributed by atoms with van der Waals surface area (Å²) < 4.78 is 0. The summed E-state index contributed by atoms with van der Waals surface area (Å²) in [4.78, 5) is 2.47. The Bertz CT molecular complexity index is 375. The quantitative estimate of drug-likeness (QED) is 0.801. The minimum absolute atomic E-state index is 0.308. The second kappa shape index (κ2) is 7.68. The van der Waals surface area contributed by atoms with E-state index < -0.39 is 0 Å². The van der Waals surface area contributed by atoms with E-state index in [9.17, 15) is 0 Å². The molecule has 0 aliphatic heterocycles. The maximum Gasteiger partial charge on any atom is 0.0366 e. The van der Waals surface area contributed by atoms with Gasteiger partial charge in [-0.25, -0.2) is 0 Å². The highest BCUT2D eigenvalue weighted by Crippen LogP contribution is 2.23. The molecule has 0 amide bonds. The molecule has 0 aliphatic rings. The van der Waals surface area contributed by atoms with Crippen molar-refractivity contribution in [3.05, 3.63) is 29.8 Å². The molecule has 0 spiro atoms. The molecule has 0 saturated carbocycles. The first-order chi connectivity index (χ1) is 9.38. The van der Waals surface area contributed by atoms with E-state index in [4.69, 9.17) is 0 Å². The van der Waals surface area contributed by atoms with Gasteiger partial charge in [0.25, 0.3) is 0 Å². The number of rotatable bonds is 7. The molecule has 0 aliphatic carbocycles. The topological polar surface area (TPSA) is 15.3 Å². The zero-order chi connectivity index (χ0) is 15.2. The maximum atomic E-state index is 3.64. The molecule has 1 atom stereocenters. The van der Waals surface area contributed by atoms with Crippen LogP contribution >= 0.6 is 0 Å². The van der Waals surface area contributed by atoms with Crippen LogP contribution in [0.2, 0.25) is 0 Å². The molecule has 0 bridgehead atoms. The van der Waals surface area contributed by atoms with Gasteiger partial charge in [0.05, 0.1) is 0 Å². The smallest absolute Gasteiger partial charge is 0.0366 e. The first-order valence-electron chi connectivity index (χ1n) is 7.93. The highest BCUT2D eigenvalue weighted by molar-refractivity contribution is 5.47.